The quantitative estimate of drug-likeness (QED) is 0.618. The van der Waals surface area contributed by atoms with E-state index < -0.39 is 10.0 Å². The topological polar surface area (TPSA) is 84.9 Å². The summed E-state index contributed by atoms with van der Waals surface area (Å²) >= 11 is 0. The maximum Gasteiger partial charge on any atom is 0.244 e. The predicted octanol–water partition coefficient (Wildman–Crippen LogP) is 4.30. The lowest BCUT2D eigenvalue weighted by Gasteiger charge is -2.19. The lowest BCUT2D eigenvalue weighted by Crippen LogP contribution is -2.31. The van der Waals surface area contributed by atoms with Crippen LogP contribution < -0.4 is 14.8 Å². The van der Waals surface area contributed by atoms with Crippen LogP contribution in [-0.2, 0) is 14.8 Å². The van der Waals surface area contributed by atoms with Gasteiger partial charge in [-0.15, -0.1) is 0 Å². The summed E-state index contributed by atoms with van der Waals surface area (Å²) in [6.45, 7) is 4.30. The molecule has 0 aliphatic carbocycles. The van der Waals surface area contributed by atoms with E-state index in [0.717, 1.165) is 49.0 Å². The Morgan fingerprint density at radius 2 is 1.62 bits per heavy atom. The van der Waals surface area contributed by atoms with Crippen molar-refractivity contribution in [1.82, 2.24) is 9.62 Å². The summed E-state index contributed by atoms with van der Waals surface area (Å²) in [7, 11) is -3.48. The minimum Gasteiger partial charge on any atom is -0.490 e. The van der Waals surface area contributed by atoms with E-state index in [-0.39, 0.29) is 11.9 Å². The summed E-state index contributed by atoms with van der Waals surface area (Å²) in [5.41, 5.74) is 1.68. The number of ether oxygens (including phenoxy) is 2. The molecule has 0 bridgehead atoms. The SMILES string of the molecule is CC(NC(=O)/C=C/c1ccc(S(=O)(=O)N2CCCCCC2)cc1)c1ccc2c(c1)OCCCO2. The molecule has 2 aromatic carbocycles. The lowest BCUT2D eigenvalue weighted by molar-refractivity contribution is -0.117. The number of sulfonamides is 1. The number of hydrogen-bond acceptors (Lipinski definition) is 5. The number of carbonyl (C=O) groups is 1. The molecule has 182 valence electrons. The summed E-state index contributed by atoms with van der Waals surface area (Å²) in [4.78, 5) is 12.7. The van der Waals surface area contributed by atoms with Crippen molar-refractivity contribution in [2.45, 2.75) is 50.0 Å². The number of nitrogens with one attached hydrogen (secondary N) is 1. The first-order valence-electron chi connectivity index (χ1n) is 11.9. The zero-order valence-corrected chi connectivity index (χ0v) is 20.4. The second-order valence-electron chi connectivity index (χ2n) is 8.71. The molecule has 0 radical (unpaired) electrons. The molecule has 0 saturated carbocycles. The molecule has 1 atom stereocenters. The third-order valence-electron chi connectivity index (χ3n) is 6.14. The minimum absolute atomic E-state index is 0.213. The van der Waals surface area contributed by atoms with Gasteiger partial charge in [-0.1, -0.05) is 31.0 Å². The van der Waals surface area contributed by atoms with Crippen LogP contribution in [0.5, 0.6) is 11.5 Å². The summed E-state index contributed by atoms with van der Waals surface area (Å²) in [5.74, 6) is 1.18. The van der Waals surface area contributed by atoms with E-state index in [4.69, 9.17) is 9.47 Å². The van der Waals surface area contributed by atoms with Crippen LogP contribution in [0.15, 0.2) is 53.4 Å². The van der Waals surface area contributed by atoms with Gasteiger partial charge in [0.15, 0.2) is 11.5 Å². The average molecular weight is 485 g/mol. The molecule has 1 fully saturated rings. The molecular formula is C26H32N2O5S. The number of nitrogens with zero attached hydrogens (tertiary/aromatic N) is 1. The first-order chi connectivity index (χ1) is 16.4. The van der Waals surface area contributed by atoms with Crippen LogP contribution in [0.1, 0.15) is 56.2 Å². The van der Waals surface area contributed by atoms with Crippen LogP contribution in [0.3, 0.4) is 0 Å². The second-order valence-corrected chi connectivity index (χ2v) is 10.6. The fourth-order valence-electron chi connectivity index (χ4n) is 4.15. The predicted molar refractivity (Wildman–Crippen MR) is 131 cm³/mol. The highest BCUT2D eigenvalue weighted by Crippen LogP contribution is 2.32. The first kappa shape index (κ1) is 24.3. The molecule has 4 rings (SSSR count). The van der Waals surface area contributed by atoms with Crippen molar-refractivity contribution >= 4 is 22.0 Å². The fraction of sp³-hybridized carbons (Fsp3) is 0.423. The van der Waals surface area contributed by atoms with Gasteiger partial charge in [-0.25, -0.2) is 8.42 Å². The van der Waals surface area contributed by atoms with E-state index >= 15 is 0 Å². The van der Waals surface area contributed by atoms with E-state index in [1.807, 2.05) is 25.1 Å². The molecule has 8 heteroatoms. The smallest absolute Gasteiger partial charge is 0.244 e. The molecule has 1 amide bonds. The molecule has 1 unspecified atom stereocenters. The Labute approximate surface area is 201 Å². The number of amides is 1. The Morgan fingerprint density at radius 3 is 2.32 bits per heavy atom. The van der Waals surface area contributed by atoms with E-state index in [1.165, 1.54) is 6.08 Å². The third-order valence-corrected chi connectivity index (χ3v) is 8.05. The normalized spacial score (nSPS) is 18.1. The van der Waals surface area contributed by atoms with Gasteiger partial charge in [0.2, 0.25) is 15.9 Å². The van der Waals surface area contributed by atoms with Gasteiger partial charge in [0, 0.05) is 25.6 Å². The van der Waals surface area contributed by atoms with Gasteiger partial charge in [0.05, 0.1) is 24.2 Å². The third kappa shape index (κ3) is 5.98. The number of benzene rings is 2. The molecule has 1 N–H and O–H groups in total. The molecule has 0 aromatic heterocycles. The average Bonchev–Trinajstić information content (AvgIpc) is 3.26. The van der Waals surface area contributed by atoms with Gasteiger partial charge in [-0.3, -0.25) is 4.79 Å². The van der Waals surface area contributed by atoms with E-state index in [0.29, 0.717) is 36.9 Å². The van der Waals surface area contributed by atoms with Crippen molar-refractivity contribution in [1.29, 1.82) is 0 Å². The number of carbonyl (C=O) groups excluding carboxylic acids is 1. The molecule has 1 saturated heterocycles. The van der Waals surface area contributed by atoms with Crippen LogP contribution >= 0.6 is 0 Å². The van der Waals surface area contributed by atoms with Crippen LogP contribution in [0.2, 0.25) is 0 Å². The summed E-state index contributed by atoms with van der Waals surface area (Å²) in [6, 6.07) is 12.1. The van der Waals surface area contributed by atoms with Gasteiger partial charge >= 0.3 is 0 Å². The van der Waals surface area contributed by atoms with Crippen LogP contribution in [-0.4, -0.2) is 44.9 Å². The Bertz CT molecular complexity index is 1120. The van der Waals surface area contributed by atoms with Crippen LogP contribution in [0.4, 0.5) is 0 Å². The van der Waals surface area contributed by atoms with E-state index in [9.17, 15) is 13.2 Å². The number of hydrogen-bond donors (Lipinski definition) is 1. The number of rotatable bonds is 6. The lowest BCUT2D eigenvalue weighted by atomic mass is 10.1. The maximum absolute atomic E-state index is 12.9. The molecule has 7 nitrogen and oxygen atoms in total. The summed E-state index contributed by atoms with van der Waals surface area (Å²) < 4.78 is 38.8. The minimum atomic E-state index is -3.48. The highest BCUT2D eigenvalue weighted by molar-refractivity contribution is 7.89. The standard InChI is InChI=1S/C26H32N2O5S/c1-20(22-10-13-24-25(19-22)33-18-6-17-32-24)27-26(29)14-9-21-7-11-23(12-8-21)34(30,31)28-15-4-2-3-5-16-28/h7-14,19-20H,2-6,15-18H2,1H3,(H,27,29)/b14-9+. The van der Waals surface area contributed by atoms with Gasteiger partial charge < -0.3 is 14.8 Å². The van der Waals surface area contributed by atoms with Crippen LogP contribution in [0.25, 0.3) is 6.08 Å². The van der Waals surface area contributed by atoms with Crippen LogP contribution in [0, 0.1) is 0 Å². The van der Waals surface area contributed by atoms with Crippen molar-refractivity contribution in [3.63, 3.8) is 0 Å². The van der Waals surface area contributed by atoms with Crippen molar-refractivity contribution in [2.75, 3.05) is 26.3 Å². The Balaban J connectivity index is 1.36. The second kappa shape index (κ2) is 11.1. The van der Waals surface area contributed by atoms with E-state index in [1.54, 1.807) is 34.6 Å². The number of fused-ring (bicyclic) bond motifs is 1. The summed E-state index contributed by atoms with van der Waals surface area (Å²) in [5, 5.41) is 2.95. The van der Waals surface area contributed by atoms with Crippen molar-refractivity contribution < 1.29 is 22.7 Å². The van der Waals surface area contributed by atoms with Crippen molar-refractivity contribution in [3.8, 4) is 11.5 Å². The van der Waals surface area contributed by atoms with Gasteiger partial charge in [0.1, 0.15) is 0 Å². The molecule has 34 heavy (non-hydrogen) atoms. The molecule has 2 heterocycles. The molecular weight excluding hydrogens is 452 g/mol. The Hall–Kier alpha value is -2.84. The molecule has 2 aromatic rings. The zero-order valence-electron chi connectivity index (χ0n) is 19.5. The van der Waals surface area contributed by atoms with Crippen molar-refractivity contribution in [2.24, 2.45) is 0 Å². The highest BCUT2D eigenvalue weighted by atomic mass is 32.2. The summed E-state index contributed by atoms with van der Waals surface area (Å²) in [6.07, 6.45) is 7.93. The Morgan fingerprint density at radius 1 is 0.941 bits per heavy atom. The first-order valence-corrected chi connectivity index (χ1v) is 13.4. The Kier molecular flexibility index (Phi) is 7.90. The largest absolute Gasteiger partial charge is 0.490 e. The fourth-order valence-corrected chi connectivity index (χ4v) is 5.67. The highest BCUT2D eigenvalue weighted by Gasteiger charge is 2.24. The molecule has 2 aliphatic rings. The van der Waals surface area contributed by atoms with Gasteiger partial charge in [0.25, 0.3) is 0 Å². The van der Waals surface area contributed by atoms with Gasteiger partial charge in [-0.05, 0) is 61.2 Å². The van der Waals surface area contributed by atoms with E-state index in [2.05, 4.69) is 5.32 Å². The van der Waals surface area contributed by atoms with Gasteiger partial charge in [-0.2, -0.15) is 4.31 Å². The molecule has 2 aliphatic heterocycles. The zero-order chi connectivity index (χ0) is 24.0. The monoisotopic (exact) mass is 484 g/mol. The maximum atomic E-state index is 12.9. The van der Waals surface area contributed by atoms with Crippen molar-refractivity contribution in [3.05, 3.63) is 59.7 Å². The molecule has 0 spiro atoms.